The van der Waals surface area contributed by atoms with Crippen molar-refractivity contribution in [2.45, 2.75) is 13.5 Å². The Bertz CT molecular complexity index is 1160. The summed E-state index contributed by atoms with van der Waals surface area (Å²) in [7, 11) is 0. The zero-order valence-corrected chi connectivity index (χ0v) is 16.8. The van der Waals surface area contributed by atoms with Crippen LogP contribution >= 0.6 is 0 Å². The summed E-state index contributed by atoms with van der Waals surface area (Å²) in [5.41, 5.74) is 4.57. The number of anilines is 4. The molecular weight excluding hydrogens is 394 g/mol. The van der Waals surface area contributed by atoms with Crippen molar-refractivity contribution in [2.24, 2.45) is 0 Å². The van der Waals surface area contributed by atoms with Gasteiger partial charge in [-0.05, 0) is 54.4 Å². The lowest BCUT2D eigenvalue weighted by atomic mass is 10.1. The normalized spacial score (nSPS) is 12.1. The maximum absolute atomic E-state index is 12.8. The number of carbonyl (C=O) groups excluding carboxylic acids is 3. The third-order valence-corrected chi connectivity index (χ3v) is 4.83. The molecule has 0 aliphatic carbocycles. The zero-order chi connectivity index (χ0) is 21.8. The first kappa shape index (κ1) is 20.0. The van der Waals surface area contributed by atoms with Gasteiger partial charge in [-0.2, -0.15) is 0 Å². The number of carbonyl (C=O) groups is 3. The Morgan fingerprint density at radius 1 is 0.871 bits per heavy atom. The maximum Gasteiger partial charge on any atom is 0.323 e. The fraction of sp³-hybridized carbons (Fsp3) is 0.0870. The summed E-state index contributed by atoms with van der Waals surface area (Å²) in [4.78, 5) is 36.5. The molecule has 5 amide bonds. The number of rotatable bonds is 4. The van der Waals surface area contributed by atoms with Gasteiger partial charge in [0.15, 0.2) is 0 Å². The highest BCUT2D eigenvalue weighted by Crippen LogP contribution is 2.24. The van der Waals surface area contributed by atoms with Crippen LogP contribution in [0.15, 0.2) is 66.7 Å². The van der Waals surface area contributed by atoms with Crippen LogP contribution in [0, 0.1) is 6.92 Å². The van der Waals surface area contributed by atoms with Gasteiger partial charge in [0.2, 0.25) is 0 Å². The largest absolute Gasteiger partial charge is 0.334 e. The first-order chi connectivity index (χ1) is 15.0. The lowest BCUT2D eigenvalue weighted by Crippen LogP contribution is -2.33. The maximum atomic E-state index is 12.8. The highest BCUT2D eigenvalue weighted by Gasteiger charge is 2.16. The van der Waals surface area contributed by atoms with E-state index in [2.05, 4.69) is 26.6 Å². The summed E-state index contributed by atoms with van der Waals surface area (Å²) in [6, 6.07) is 18.8. The first-order valence-corrected chi connectivity index (χ1v) is 9.71. The number of hydrogen-bond donors (Lipinski definition) is 5. The van der Waals surface area contributed by atoms with E-state index in [4.69, 9.17) is 0 Å². The highest BCUT2D eigenvalue weighted by molar-refractivity contribution is 6.07. The molecule has 3 aromatic carbocycles. The Morgan fingerprint density at radius 2 is 1.65 bits per heavy atom. The molecule has 31 heavy (non-hydrogen) atoms. The fourth-order valence-electron chi connectivity index (χ4n) is 3.17. The van der Waals surface area contributed by atoms with Gasteiger partial charge in [-0.25, -0.2) is 9.59 Å². The molecule has 3 aromatic rings. The first-order valence-electron chi connectivity index (χ1n) is 9.71. The molecule has 1 heterocycles. The standard InChI is InChI=1S/C23H21N5O3/c1-14-7-10-18(26-23(31)25-17-5-3-2-4-6-17)12-19(14)27-21(29)15-8-9-16-13-24-22(30)28-20(16)11-15/h2-12H,13H2,1H3,(H,27,29)(H2,24,28,30)(H2,25,26,31). The molecule has 0 fully saturated rings. The molecule has 0 spiro atoms. The van der Waals surface area contributed by atoms with Gasteiger partial charge in [0.1, 0.15) is 0 Å². The average Bonchev–Trinajstić information content (AvgIpc) is 2.76. The second-order valence-corrected chi connectivity index (χ2v) is 7.11. The van der Waals surface area contributed by atoms with Gasteiger partial charge in [-0.3, -0.25) is 4.79 Å². The molecule has 0 atom stereocenters. The second kappa shape index (κ2) is 8.58. The smallest absolute Gasteiger partial charge is 0.323 e. The molecule has 0 bridgehead atoms. The third-order valence-electron chi connectivity index (χ3n) is 4.83. The van der Waals surface area contributed by atoms with Crippen molar-refractivity contribution >= 4 is 40.7 Å². The number of urea groups is 2. The summed E-state index contributed by atoms with van der Waals surface area (Å²) in [5, 5.41) is 13.8. The van der Waals surface area contributed by atoms with Gasteiger partial charge in [0, 0.05) is 34.9 Å². The van der Waals surface area contributed by atoms with Crippen molar-refractivity contribution in [2.75, 3.05) is 21.3 Å². The molecular formula is C23H21N5O3. The van der Waals surface area contributed by atoms with Gasteiger partial charge in [-0.1, -0.05) is 30.3 Å². The van der Waals surface area contributed by atoms with Crippen molar-refractivity contribution in [1.82, 2.24) is 5.32 Å². The summed E-state index contributed by atoms with van der Waals surface area (Å²) in [5.74, 6) is -0.315. The van der Waals surface area contributed by atoms with E-state index < -0.39 is 0 Å². The predicted octanol–water partition coefficient (Wildman–Crippen LogP) is 4.53. The van der Waals surface area contributed by atoms with E-state index >= 15 is 0 Å². The van der Waals surface area contributed by atoms with Gasteiger partial charge in [0.05, 0.1) is 0 Å². The minimum atomic E-state index is -0.383. The predicted molar refractivity (Wildman–Crippen MR) is 121 cm³/mol. The van der Waals surface area contributed by atoms with Crippen LogP contribution in [-0.2, 0) is 6.54 Å². The molecule has 0 saturated heterocycles. The molecule has 1 aliphatic heterocycles. The van der Waals surface area contributed by atoms with Crippen LogP contribution in [0.1, 0.15) is 21.5 Å². The molecule has 4 rings (SSSR count). The van der Waals surface area contributed by atoms with Gasteiger partial charge >= 0.3 is 12.1 Å². The summed E-state index contributed by atoms with van der Waals surface area (Å²) >= 11 is 0. The molecule has 5 N–H and O–H groups in total. The molecule has 8 heteroatoms. The molecule has 0 radical (unpaired) electrons. The van der Waals surface area contributed by atoms with Crippen LogP contribution in [0.4, 0.5) is 32.3 Å². The summed E-state index contributed by atoms with van der Waals surface area (Å²) in [6.45, 7) is 2.28. The van der Waals surface area contributed by atoms with Crippen LogP contribution in [0.5, 0.6) is 0 Å². The van der Waals surface area contributed by atoms with Crippen LogP contribution in [0.25, 0.3) is 0 Å². The minimum absolute atomic E-state index is 0.298. The van der Waals surface area contributed by atoms with Crippen LogP contribution in [-0.4, -0.2) is 18.0 Å². The number of amides is 5. The Morgan fingerprint density at radius 3 is 2.45 bits per heavy atom. The number of benzene rings is 3. The Balaban J connectivity index is 1.46. The van der Waals surface area contributed by atoms with Crippen molar-refractivity contribution in [3.63, 3.8) is 0 Å². The van der Waals surface area contributed by atoms with E-state index in [0.717, 1.165) is 11.1 Å². The quantitative estimate of drug-likeness (QED) is 0.432. The minimum Gasteiger partial charge on any atom is -0.334 e. The number of hydrogen-bond acceptors (Lipinski definition) is 3. The molecule has 0 unspecified atom stereocenters. The number of aryl methyl sites for hydroxylation is 1. The second-order valence-electron chi connectivity index (χ2n) is 7.11. The molecule has 0 aromatic heterocycles. The van der Waals surface area contributed by atoms with Gasteiger partial charge in [0.25, 0.3) is 5.91 Å². The molecule has 1 aliphatic rings. The van der Waals surface area contributed by atoms with E-state index in [1.165, 1.54) is 0 Å². The highest BCUT2D eigenvalue weighted by atomic mass is 16.2. The number of nitrogens with one attached hydrogen (secondary N) is 5. The zero-order valence-electron chi connectivity index (χ0n) is 16.8. The number of para-hydroxylation sites is 1. The lowest BCUT2D eigenvalue weighted by molar-refractivity contribution is 0.102. The Kier molecular flexibility index (Phi) is 5.53. The topological polar surface area (TPSA) is 111 Å². The average molecular weight is 415 g/mol. The van der Waals surface area contributed by atoms with Crippen molar-refractivity contribution in [3.05, 3.63) is 83.4 Å². The Hall–Kier alpha value is -4.33. The monoisotopic (exact) mass is 415 g/mol. The molecule has 156 valence electrons. The van der Waals surface area contributed by atoms with Crippen molar-refractivity contribution in [3.8, 4) is 0 Å². The van der Waals surface area contributed by atoms with Gasteiger partial charge in [-0.15, -0.1) is 0 Å². The molecule has 8 nitrogen and oxygen atoms in total. The lowest BCUT2D eigenvalue weighted by Gasteiger charge is -2.19. The van der Waals surface area contributed by atoms with E-state index in [1.807, 2.05) is 31.2 Å². The van der Waals surface area contributed by atoms with E-state index in [9.17, 15) is 14.4 Å². The SMILES string of the molecule is Cc1ccc(NC(=O)Nc2ccccc2)cc1NC(=O)c1ccc2c(c1)NC(=O)NC2. The van der Waals surface area contributed by atoms with Crippen LogP contribution in [0.2, 0.25) is 0 Å². The van der Waals surface area contributed by atoms with E-state index in [-0.39, 0.29) is 18.0 Å². The molecule has 0 saturated carbocycles. The van der Waals surface area contributed by atoms with Crippen molar-refractivity contribution in [1.29, 1.82) is 0 Å². The van der Waals surface area contributed by atoms with Crippen molar-refractivity contribution < 1.29 is 14.4 Å². The summed E-state index contributed by atoms with van der Waals surface area (Å²) in [6.07, 6.45) is 0. The van der Waals surface area contributed by atoms with Crippen LogP contribution < -0.4 is 26.6 Å². The van der Waals surface area contributed by atoms with Crippen LogP contribution in [0.3, 0.4) is 0 Å². The Labute approximate surface area is 179 Å². The fourth-order valence-corrected chi connectivity index (χ4v) is 3.17. The van der Waals surface area contributed by atoms with Gasteiger partial charge < -0.3 is 26.6 Å². The number of fused-ring (bicyclic) bond motifs is 1. The van der Waals surface area contributed by atoms with E-state index in [0.29, 0.717) is 34.9 Å². The summed E-state index contributed by atoms with van der Waals surface area (Å²) < 4.78 is 0. The van der Waals surface area contributed by atoms with E-state index in [1.54, 1.807) is 42.5 Å². The third kappa shape index (κ3) is 4.81.